The normalized spacial score (nSPS) is 11.1. The van der Waals surface area contributed by atoms with E-state index < -0.39 is 0 Å². The summed E-state index contributed by atoms with van der Waals surface area (Å²) < 4.78 is 5.73. The van der Waals surface area contributed by atoms with E-state index in [1.807, 2.05) is 18.2 Å². The van der Waals surface area contributed by atoms with Crippen LogP contribution in [0.4, 0.5) is 0 Å². The molecule has 0 amide bonds. The molecule has 2 aromatic carbocycles. The van der Waals surface area contributed by atoms with Crippen molar-refractivity contribution in [2.75, 3.05) is 0 Å². The molecule has 3 rings (SSSR count). The first-order valence-corrected chi connectivity index (χ1v) is 7.29. The van der Waals surface area contributed by atoms with Crippen LogP contribution < -0.4 is 0 Å². The Morgan fingerprint density at radius 1 is 1.00 bits per heavy atom. The molecule has 1 heterocycles. The monoisotopic (exact) mass is 281 g/mol. The molecule has 1 aromatic heterocycles. The molecule has 0 radical (unpaired) electrons. The van der Waals surface area contributed by atoms with Crippen LogP contribution in [0.3, 0.4) is 0 Å². The first-order valence-electron chi connectivity index (χ1n) is 7.29. The highest BCUT2D eigenvalue weighted by atomic mass is 16.3. The minimum atomic E-state index is 0.0333. The second-order valence-corrected chi connectivity index (χ2v) is 5.41. The van der Waals surface area contributed by atoms with Gasteiger partial charge in [0.2, 0.25) is 0 Å². The summed E-state index contributed by atoms with van der Waals surface area (Å²) in [5.41, 5.74) is 5.11. The zero-order valence-corrected chi connectivity index (χ0v) is 12.2. The van der Waals surface area contributed by atoms with E-state index in [2.05, 4.69) is 36.2 Å². The molecule has 0 atom stereocenters. The standard InChI is InChI=1S/C18H19NO2/c1-13-5-7-14(8-6-13)3-2-4-18-19-16-11-15(12-20)9-10-17(16)21-18/h5-11,20H,2-4,12H2,1H3. The van der Waals surface area contributed by atoms with Gasteiger partial charge in [0.25, 0.3) is 0 Å². The van der Waals surface area contributed by atoms with Gasteiger partial charge < -0.3 is 9.52 Å². The van der Waals surface area contributed by atoms with Crippen molar-refractivity contribution in [1.82, 2.24) is 4.98 Å². The SMILES string of the molecule is Cc1ccc(CCCc2nc3cc(CO)ccc3o2)cc1. The van der Waals surface area contributed by atoms with Gasteiger partial charge in [-0.2, -0.15) is 0 Å². The summed E-state index contributed by atoms with van der Waals surface area (Å²) in [4.78, 5) is 4.49. The van der Waals surface area contributed by atoms with E-state index in [0.29, 0.717) is 0 Å². The van der Waals surface area contributed by atoms with Gasteiger partial charge in [-0.3, -0.25) is 0 Å². The molecule has 0 aliphatic carbocycles. The third-order valence-electron chi connectivity index (χ3n) is 3.66. The Bertz CT molecular complexity index is 729. The Labute approximate surface area is 124 Å². The number of aryl methyl sites for hydroxylation is 3. The number of fused-ring (bicyclic) bond motifs is 1. The first kappa shape index (κ1) is 13.8. The van der Waals surface area contributed by atoms with Crippen LogP contribution in [0.15, 0.2) is 46.9 Å². The largest absolute Gasteiger partial charge is 0.441 e. The minimum absolute atomic E-state index is 0.0333. The van der Waals surface area contributed by atoms with E-state index in [0.717, 1.165) is 41.8 Å². The van der Waals surface area contributed by atoms with Crippen LogP contribution in [0.1, 0.15) is 29.0 Å². The fourth-order valence-electron chi connectivity index (χ4n) is 2.42. The van der Waals surface area contributed by atoms with E-state index >= 15 is 0 Å². The van der Waals surface area contributed by atoms with Gasteiger partial charge >= 0.3 is 0 Å². The van der Waals surface area contributed by atoms with Gasteiger partial charge in [0.15, 0.2) is 11.5 Å². The molecule has 108 valence electrons. The van der Waals surface area contributed by atoms with Crippen LogP contribution >= 0.6 is 0 Å². The highest BCUT2D eigenvalue weighted by molar-refractivity contribution is 5.73. The van der Waals surface area contributed by atoms with Gasteiger partial charge in [-0.05, 0) is 43.0 Å². The number of aliphatic hydroxyl groups excluding tert-OH is 1. The third-order valence-corrected chi connectivity index (χ3v) is 3.66. The van der Waals surface area contributed by atoms with Crippen molar-refractivity contribution in [2.24, 2.45) is 0 Å². The number of aromatic nitrogens is 1. The van der Waals surface area contributed by atoms with Crippen molar-refractivity contribution < 1.29 is 9.52 Å². The first-order chi connectivity index (χ1) is 10.2. The molecule has 1 N–H and O–H groups in total. The van der Waals surface area contributed by atoms with Crippen LogP contribution in [-0.4, -0.2) is 10.1 Å². The fourth-order valence-corrected chi connectivity index (χ4v) is 2.42. The Hall–Kier alpha value is -2.13. The van der Waals surface area contributed by atoms with E-state index in [4.69, 9.17) is 9.52 Å². The molecule has 0 aliphatic rings. The predicted octanol–water partition coefficient (Wildman–Crippen LogP) is 3.80. The Kier molecular flexibility index (Phi) is 4.02. The topological polar surface area (TPSA) is 46.3 Å². The molecule has 21 heavy (non-hydrogen) atoms. The number of benzene rings is 2. The smallest absolute Gasteiger partial charge is 0.195 e. The quantitative estimate of drug-likeness (QED) is 0.773. The van der Waals surface area contributed by atoms with Gasteiger partial charge in [0.1, 0.15) is 5.52 Å². The van der Waals surface area contributed by atoms with Gasteiger partial charge in [-0.1, -0.05) is 35.9 Å². The van der Waals surface area contributed by atoms with Crippen LogP contribution in [0.25, 0.3) is 11.1 Å². The second-order valence-electron chi connectivity index (χ2n) is 5.41. The van der Waals surface area contributed by atoms with Crippen molar-refractivity contribution in [3.8, 4) is 0 Å². The van der Waals surface area contributed by atoms with Crippen molar-refractivity contribution >= 4 is 11.1 Å². The Morgan fingerprint density at radius 3 is 2.52 bits per heavy atom. The maximum absolute atomic E-state index is 9.13. The molecule has 0 fully saturated rings. The Balaban J connectivity index is 1.63. The molecule has 0 unspecified atom stereocenters. The highest BCUT2D eigenvalue weighted by Crippen LogP contribution is 2.18. The van der Waals surface area contributed by atoms with Gasteiger partial charge in [-0.25, -0.2) is 4.98 Å². The minimum Gasteiger partial charge on any atom is -0.441 e. The van der Waals surface area contributed by atoms with Crippen LogP contribution in [0.5, 0.6) is 0 Å². The summed E-state index contributed by atoms with van der Waals surface area (Å²) in [7, 11) is 0. The number of oxazole rings is 1. The number of hydrogen-bond acceptors (Lipinski definition) is 3. The van der Waals surface area contributed by atoms with E-state index in [-0.39, 0.29) is 6.61 Å². The summed E-state index contributed by atoms with van der Waals surface area (Å²) in [6.45, 7) is 2.13. The van der Waals surface area contributed by atoms with Crippen LogP contribution in [0.2, 0.25) is 0 Å². The lowest BCUT2D eigenvalue weighted by molar-refractivity contribution is 0.282. The highest BCUT2D eigenvalue weighted by Gasteiger charge is 2.06. The summed E-state index contributed by atoms with van der Waals surface area (Å²) in [5.74, 6) is 0.771. The van der Waals surface area contributed by atoms with E-state index in [1.54, 1.807) is 0 Å². The number of nitrogens with zero attached hydrogens (tertiary/aromatic N) is 1. The zero-order valence-electron chi connectivity index (χ0n) is 12.2. The lowest BCUT2D eigenvalue weighted by Gasteiger charge is -2.00. The van der Waals surface area contributed by atoms with Crippen LogP contribution in [0, 0.1) is 6.92 Å². The molecular weight excluding hydrogens is 262 g/mol. The maximum atomic E-state index is 9.13. The molecule has 0 aliphatic heterocycles. The average Bonchev–Trinajstić information content (AvgIpc) is 2.91. The number of aliphatic hydroxyl groups is 1. The molecule has 0 saturated carbocycles. The predicted molar refractivity (Wildman–Crippen MR) is 83.1 cm³/mol. The molecule has 0 spiro atoms. The summed E-state index contributed by atoms with van der Waals surface area (Å²) in [6, 6.07) is 14.3. The lowest BCUT2D eigenvalue weighted by atomic mass is 10.1. The molecule has 0 saturated heterocycles. The van der Waals surface area contributed by atoms with Gasteiger partial charge in [0, 0.05) is 6.42 Å². The zero-order chi connectivity index (χ0) is 14.7. The van der Waals surface area contributed by atoms with Crippen molar-refractivity contribution in [2.45, 2.75) is 32.8 Å². The second kappa shape index (κ2) is 6.10. The summed E-state index contributed by atoms with van der Waals surface area (Å²) in [5, 5.41) is 9.13. The van der Waals surface area contributed by atoms with Crippen molar-refractivity contribution in [3.63, 3.8) is 0 Å². The Morgan fingerprint density at radius 2 is 1.76 bits per heavy atom. The van der Waals surface area contributed by atoms with Gasteiger partial charge in [-0.15, -0.1) is 0 Å². The number of rotatable bonds is 5. The van der Waals surface area contributed by atoms with Crippen LogP contribution in [-0.2, 0) is 19.4 Å². The lowest BCUT2D eigenvalue weighted by Crippen LogP contribution is -1.90. The van der Waals surface area contributed by atoms with Gasteiger partial charge in [0.05, 0.1) is 6.61 Å². The molecule has 0 bridgehead atoms. The van der Waals surface area contributed by atoms with E-state index in [1.165, 1.54) is 11.1 Å². The van der Waals surface area contributed by atoms with Crippen molar-refractivity contribution in [3.05, 3.63) is 65.0 Å². The molecule has 3 aromatic rings. The van der Waals surface area contributed by atoms with E-state index in [9.17, 15) is 0 Å². The molecular formula is C18H19NO2. The number of hydrogen-bond donors (Lipinski definition) is 1. The summed E-state index contributed by atoms with van der Waals surface area (Å²) >= 11 is 0. The summed E-state index contributed by atoms with van der Waals surface area (Å²) in [6.07, 6.45) is 2.88. The molecule has 3 heteroatoms. The third kappa shape index (κ3) is 3.31. The molecule has 3 nitrogen and oxygen atoms in total. The van der Waals surface area contributed by atoms with Crippen molar-refractivity contribution in [1.29, 1.82) is 0 Å². The fraction of sp³-hybridized carbons (Fsp3) is 0.278. The maximum Gasteiger partial charge on any atom is 0.195 e. The average molecular weight is 281 g/mol.